The molecule has 0 aliphatic rings. The summed E-state index contributed by atoms with van der Waals surface area (Å²) in [5.41, 5.74) is 5.61. The molecule has 1 aromatic heterocycles. The molecule has 0 saturated heterocycles. The van der Waals surface area contributed by atoms with Gasteiger partial charge in [0.25, 0.3) is 0 Å². The number of hydrogen-bond acceptors (Lipinski definition) is 3. The molecule has 0 amide bonds. The molecule has 0 fully saturated rings. The molecular weight excluding hydrogens is 140 g/mol. The van der Waals surface area contributed by atoms with E-state index in [1.54, 1.807) is 0 Å². The summed E-state index contributed by atoms with van der Waals surface area (Å²) in [5, 5.41) is 7.65. The third-order valence-electron chi connectivity index (χ3n) is 1.92. The Hall–Kier alpha value is -1.06. The van der Waals surface area contributed by atoms with E-state index in [1.807, 2.05) is 11.5 Å². The van der Waals surface area contributed by atoms with Gasteiger partial charge in [0.15, 0.2) is 0 Å². The predicted octanol–water partition coefficient (Wildman–Crippen LogP) is 1.14. The average molecular weight is 154 g/mol. The second kappa shape index (κ2) is 2.90. The van der Waals surface area contributed by atoms with Crippen LogP contribution >= 0.6 is 0 Å². The normalized spacial score (nSPS) is 13.4. The first-order valence-corrected chi connectivity index (χ1v) is 3.83. The van der Waals surface area contributed by atoms with Crippen LogP contribution < -0.4 is 5.73 Å². The Bertz CT molecular complexity index is 221. The topological polar surface area (TPSA) is 56.7 Å². The number of nitrogens with two attached hydrogens (primary N) is 1. The van der Waals surface area contributed by atoms with E-state index in [1.165, 1.54) is 0 Å². The van der Waals surface area contributed by atoms with Crippen molar-refractivity contribution in [3.63, 3.8) is 0 Å². The fraction of sp³-hybridized carbons (Fsp3) is 0.714. The monoisotopic (exact) mass is 154 g/mol. The number of aryl methyl sites for hydroxylation is 1. The minimum absolute atomic E-state index is 0.394. The van der Waals surface area contributed by atoms with Crippen LogP contribution in [0.5, 0.6) is 0 Å². The number of nitrogen functional groups attached to an aromatic ring is 1. The Morgan fingerprint density at radius 1 is 1.55 bits per heavy atom. The standard InChI is InChI=1S/C7H14N4/c1-4-5(2)11-6(3)9-10-7(11)8/h5H,4H2,1-3H3,(H2,8,10). The number of aromatic nitrogens is 3. The number of nitrogens with zero attached hydrogens (tertiary/aromatic N) is 3. The van der Waals surface area contributed by atoms with Crippen molar-refractivity contribution in [2.75, 3.05) is 5.73 Å². The van der Waals surface area contributed by atoms with Crippen molar-refractivity contribution < 1.29 is 0 Å². The van der Waals surface area contributed by atoms with Gasteiger partial charge in [-0.1, -0.05) is 6.92 Å². The summed E-state index contributed by atoms with van der Waals surface area (Å²) in [6.07, 6.45) is 1.04. The second-order valence-corrected chi connectivity index (χ2v) is 2.73. The fourth-order valence-corrected chi connectivity index (χ4v) is 1.11. The SMILES string of the molecule is CCC(C)n1c(C)nnc1N. The lowest BCUT2D eigenvalue weighted by molar-refractivity contribution is 0.524. The molecule has 0 aromatic carbocycles. The van der Waals surface area contributed by atoms with Gasteiger partial charge in [-0.2, -0.15) is 0 Å². The van der Waals surface area contributed by atoms with E-state index in [9.17, 15) is 0 Å². The van der Waals surface area contributed by atoms with Crippen LogP contribution in [0.3, 0.4) is 0 Å². The third-order valence-corrected chi connectivity index (χ3v) is 1.92. The largest absolute Gasteiger partial charge is 0.368 e. The summed E-state index contributed by atoms with van der Waals surface area (Å²) in [7, 11) is 0. The zero-order valence-corrected chi connectivity index (χ0v) is 7.20. The lowest BCUT2D eigenvalue weighted by atomic mass is 10.2. The van der Waals surface area contributed by atoms with E-state index < -0.39 is 0 Å². The third kappa shape index (κ3) is 1.34. The van der Waals surface area contributed by atoms with Gasteiger partial charge in [0.1, 0.15) is 5.82 Å². The molecule has 62 valence electrons. The van der Waals surface area contributed by atoms with Gasteiger partial charge in [-0.3, -0.25) is 4.57 Å². The zero-order valence-electron chi connectivity index (χ0n) is 7.20. The molecule has 1 atom stereocenters. The van der Waals surface area contributed by atoms with Crippen molar-refractivity contribution in [2.45, 2.75) is 33.2 Å². The highest BCUT2D eigenvalue weighted by Crippen LogP contribution is 2.15. The first-order chi connectivity index (χ1) is 5.16. The summed E-state index contributed by atoms with van der Waals surface area (Å²) < 4.78 is 1.94. The van der Waals surface area contributed by atoms with Gasteiger partial charge < -0.3 is 5.73 Å². The molecule has 0 saturated carbocycles. The smallest absolute Gasteiger partial charge is 0.222 e. The number of hydrogen-bond donors (Lipinski definition) is 1. The molecular formula is C7H14N4. The summed E-state index contributed by atoms with van der Waals surface area (Å²) in [5.74, 6) is 1.40. The molecule has 4 nitrogen and oxygen atoms in total. The number of rotatable bonds is 2. The highest BCUT2D eigenvalue weighted by Gasteiger charge is 2.09. The maximum Gasteiger partial charge on any atom is 0.222 e. The summed E-state index contributed by atoms with van der Waals surface area (Å²) in [6, 6.07) is 0.394. The van der Waals surface area contributed by atoms with Crippen molar-refractivity contribution in [1.82, 2.24) is 14.8 Å². The van der Waals surface area contributed by atoms with Crippen LogP contribution in [0, 0.1) is 6.92 Å². The molecule has 0 aliphatic heterocycles. The maximum absolute atomic E-state index is 5.61. The predicted molar refractivity (Wildman–Crippen MR) is 44.2 cm³/mol. The molecule has 0 radical (unpaired) electrons. The van der Waals surface area contributed by atoms with Crippen LogP contribution in [0.2, 0.25) is 0 Å². The van der Waals surface area contributed by atoms with Crippen molar-refractivity contribution in [3.05, 3.63) is 5.82 Å². The van der Waals surface area contributed by atoms with Crippen molar-refractivity contribution in [3.8, 4) is 0 Å². The van der Waals surface area contributed by atoms with Crippen LogP contribution in [-0.4, -0.2) is 14.8 Å². The van der Waals surface area contributed by atoms with E-state index in [0.717, 1.165) is 12.2 Å². The number of anilines is 1. The van der Waals surface area contributed by atoms with Crippen LogP contribution in [-0.2, 0) is 0 Å². The van der Waals surface area contributed by atoms with Crippen molar-refractivity contribution in [2.24, 2.45) is 0 Å². The minimum atomic E-state index is 0.394. The highest BCUT2D eigenvalue weighted by atomic mass is 15.3. The molecule has 1 rings (SSSR count). The lowest BCUT2D eigenvalue weighted by Crippen LogP contribution is -2.09. The first-order valence-electron chi connectivity index (χ1n) is 3.83. The fourth-order valence-electron chi connectivity index (χ4n) is 1.11. The van der Waals surface area contributed by atoms with Gasteiger partial charge in [0.05, 0.1) is 0 Å². The van der Waals surface area contributed by atoms with Crippen LogP contribution in [0.15, 0.2) is 0 Å². The summed E-state index contributed by atoms with van der Waals surface area (Å²) >= 11 is 0. The van der Waals surface area contributed by atoms with Gasteiger partial charge in [0, 0.05) is 6.04 Å². The Morgan fingerprint density at radius 2 is 2.18 bits per heavy atom. The molecule has 0 aliphatic carbocycles. The van der Waals surface area contributed by atoms with Crippen molar-refractivity contribution >= 4 is 5.95 Å². The van der Waals surface area contributed by atoms with Crippen LogP contribution in [0.4, 0.5) is 5.95 Å². The Morgan fingerprint density at radius 3 is 2.55 bits per heavy atom. The first kappa shape index (κ1) is 8.04. The van der Waals surface area contributed by atoms with Gasteiger partial charge in [-0.15, -0.1) is 10.2 Å². The molecule has 2 N–H and O–H groups in total. The van der Waals surface area contributed by atoms with Gasteiger partial charge in [-0.05, 0) is 20.3 Å². The molecule has 0 bridgehead atoms. The second-order valence-electron chi connectivity index (χ2n) is 2.73. The van der Waals surface area contributed by atoms with Gasteiger partial charge in [-0.25, -0.2) is 0 Å². The summed E-state index contributed by atoms with van der Waals surface area (Å²) in [6.45, 7) is 6.13. The van der Waals surface area contributed by atoms with E-state index >= 15 is 0 Å². The summed E-state index contributed by atoms with van der Waals surface area (Å²) in [4.78, 5) is 0. The Labute approximate surface area is 66.4 Å². The van der Waals surface area contributed by atoms with E-state index in [2.05, 4.69) is 24.0 Å². The molecule has 1 aromatic rings. The molecule has 11 heavy (non-hydrogen) atoms. The molecule has 1 unspecified atom stereocenters. The Balaban J connectivity index is 3.00. The zero-order chi connectivity index (χ0) is 8.43. The van der Waals surface area contributed by atoms with Gasteiger partial charge in [0.2, 0.25) is 5.95 Å². The molecule has 0 spiro atoms. The van der Waals surface area contributed by atoms with Crippen LogP contribution in [0.25, 0.3) is 0 Å². The average Bonchev–Trinajstić information content (AvgIpc) is 2.30. The van der Waals surface area contributed by atoms with Crippen LogP contribution in [0.1, 0.15) is 32.1 Å². The lowest BCUT2D eigenvalue weighted by Gasteiger charge is -2.12. The van der Waals surface area contributed by atoms with Gasteiger partial charge >= 0.3 is 0 Å². The van der Waals surface area contributed by atoms with Crippen molar-refractivity contribution in [1.29, 1.82) is 0 Å². The highest BCUT2D eigenvalue weighted by molar-refractivity contribution is 5.17. The van der Waals surface area contributed by atoms with E-state index in [-0.39, 0.29) is 0 Å². The minimum Gasteiger partial charge on any atom is -0.368 e. The Kier molecular flexibility index (Phi) is 2.12. The molecule has 4 heteroatoms. The quantitative estimate of drug-likeness (QED) is 0.695. The maximum atomic E-state index is 5.61. The van der Waals surface area contributed by atoms with E-state index in [0.29, 0.717) is 12.0 Å². The molecule has 1 heterocycles. The van der Waals surface area contributed by atoms with E-state index in [4.69, 9.17) is 5.73 Å².